The molecule has 1 heterocycles. The van der Waals surface area contributed by atoms with E-state index in [1.54, 1.807) is 12.1 Å². The maximum Gasteiger partial charge on any atom is 0.207 e. The van der Waals surface area contributed by atoms with E-state index >= 15 is 0 Å². The highest BCUT2D eigenvalue weighted by Gasteiger charge is 2.11. The number of nitriles is 1. The van der Waals surface area contributed by atoms with Crippen LogP contribution in [0.5, 0.6) is 0 Å². The van der Waals surface area contributed by atoms with Crippen molar-refractivity contribution in [3.05, 3.63) is 34.5 Å². The Kier molecular flexibility index (Phi) is 2.18. The summed E-state index contributed by atoms with van der Waals surface area (Å²) >= 11 is 5.88. The van der Waals surface area contributed by atoms with Crippen LogP contribution in [-0.2, 0) is 6.42 Å². The van der Waals surface area contributed by atoms with Gasteiger partial charge in [-0.2, -0.15) is 5.26 Å². The lowest BCUT2D eigenvalue weighted by atomic mass is 10.1. The molecule has 0 radical (unpaired) electrons. The van der Waals surface area contributed by atoms with E-state index in [9.17, 15) is 0 Å². The monoisotopic (exact) mass is 205 g/mol. The highest BCUT2D eigenvalue weighted by atomic mass is 35.5. The molecule has 14 heavy (non-hydrogen) atoms. The van der Waals surface area contributed by atoms with Gasteiger partial charge in [-0.15, -0.1) is 0 Å². The number of rotatable bonds is 1. The average molecular weight is 206 g/mol. The molecule has 0 amide bonds. The molecule has 0 saturated carbocycles. The van der Waals surface area contributed by atoms with Gasteiger partial charge >= 0.3 is 0 Å². The van der Waals surface area contributed by atoms with Gasteiger partial charge < -0.3 is 4.42 Å². The number of nitrogens with zero attached hydrogens (tertiary/aromatic N) is 1. The summed E-state index contributed by atoms with van der Waals surface area (Å²) in [5, 5.41) is 10.4. The van der Waals surface area contributed by atoms with Crippen LogP contribution in [0.1, 0.15) is 18.2 Å². The molecule has 1 aromatic heterocycles. The van der Waals surface area contributed by atoms with Gasteiger partial charge in [-0.25, -0.2) is 0 Å². The molecule has 1 aromatic carbocycles. The van der Waals surface area contributed by atoms with Crippen LogP contribution in [0.2, 0.25) is 5.02 Å². The zero-order valence-corrected chi connectivity index (χ0v) is 8.43. The molecule has 2 rings (SSSR count). The van der Waals surface area contributed by atoms with Crippen LogP contribution in [0.15, 0.2) is 22.6 Å². The maximum absolute atomic E-state index is 8.84. The van der Waals surface area contributed by atoms with Crippen molar-refractivity contribution >= 4 is 22.6 Å². The van der Waals surface area contributed by atoms with E-state index in [-0.39, 0.29) is 0 Å². The molecule has 0 aliphatic heterocycles. The van der Waals surface area contributed by atoms with Crippen LogP contribution < -0.4 is 0 Å². The molecule has 0 aliphatic carbocycles. The minimum atomic E-state index is 0.393. The van der Waals surface area contributed by atoms with Gasteiger partial charge in [0.05, 0.1) is 0 Å². The van der Waals surface area contributed by atoms with Gasteiger partial charge in [0, 0.05) is 16.0 Å². The molecule has 0 fully saturated rings. The number of hydrogen-bond acceptors (Lipinski definition) is 2. The third-order valence-corrected chi connectivity index (χ3v) is 2.44. The van der Waals surface area contributed by atoms with Crippen molar-refractivity contribution in [1.82, 2.24) is 0 Å². The minimum Gasteiger partial charge on any atom is -0.445 e. The first-order chi connectivity index (χ1) is 6.76. The van der Waals surface area contributed by atoms with E-state index in [2.05, 4.69) is 0 Å². The van der Waals surface area contributed by atoms with Gasteiger partial charge in [-0.05, 0) is 24.6 Å². The maximum atomic E-state index is 8.84. The number of fused-ring (bicyclic) bond motifs is 1. The number of halogens is 1. The number of benzene rings is 1. The lowest BCUT2D eigenvalue weighted by molar-refractivity contribution is 0.594. The van der Waals surface area contributed by atoms with Crippen LogP contribution in [0, 0.1) is 11.3 Å². The third kappa shape index (κ3) is 1.26. The SMILES string of the molecule is CCc1c(C#N)oc2ccc(Cl)cc12. The van der Waals surface area contributed by atoms with Crippen LogP contribution in [0.3, 0.4) is 0 Å². The van der Waals surface area contributed by atoms with Gasteiger partial charge in [0.2, 0.25) is 5.76 Å². The number of hydrogen-bond donors (Lipinski definition) is 0. The van der Waals surface area contributed by atoms with Gasteiger partial charge in [-0.3, -0.25) is 0 Å². The summed E-state index contributed by atoms with van der Waals surface area (Å²) in [6.07, 6.45) is 0.774. The summed E-state index contributed by atoms with van der Waals surface area (Å²) in [4.78, 5) is 0. The molecule has 0 saturated heterocycles. The standard InChI is InChI=1S/C11H8ClNO/c1-2-8-9-5-7(12)3-4-10(9)14-11(8)6-13/h3-5H,2H2,1H3. The van der Waals surface area contributed by atoms with E-state index in [0.717, 1.165) is 23.0 Å². The van der Waals surface area contributed by atoms with E-state index in [0.29, 0.717) is 10.8 Å². The fourth-order valence-electron chi connectivity index (χ4n) is 1.56. The lowest BCUT2D eigenvalue weighted by Crippen LogP contribution is -1.80. The summed E-state index contributed by atoms with van der Waals surface area (Å²) in [5.74, 6) is 0.393. The van der Waals surface area contributed by atoms with Crippen LogP contribution in [0.4, 0.5) is 0 Å². The van der Waals surface area contributed by atoms with Crippen molar-refractivity contribution in [2.75, 3.05) is 0 Å². The molecule has 3 heteroatoms. The molecular weight excluding hydrogens is 198 g/mol. The van der Waals surface area contributed by atoms with Gasteiger partial charge in [0.1, 0.15) is 11.7 Å². The number of furan rings is 1. The second-order valence-corrected chi connectivity index (χ2v) is 3.45. The molecular formula is C11H8ClNO. The Labute approximate surface area is 86.7 Å². The van der Waals surface area contributed by atoms with Crippen LogP contribution in [-0.4, -0.2) is 0 Å². The topological polar surface area (TPSA) is 36.9 Å². The predicted octanol–water partition coefficient (Wildman–Crippen LogP) is 3.52. The molecule has 0 N–H and O–H groups in total. The van der Waals surface area contributed by atoms with Crippen molar-refractivity contribution < 1.29 is 4.42 Å². The second kappa shape index (κ2) is 3.36. The Balaban J connectivity index is 2.83. The first-order valence-corrected chi connectivity index (χ1v) is 4.75. The smallest absolute Gasteiger partial charge is 0.207 e. The summed E-state index contributed by atoms with van der Waals surface area (Å²) in [6, 6.07) is 7.43. The summed E-state index contributed by atoms with van der Waals surface area (Å²) in [6.45, 7) is 1.99. The van der Waals surface area contributed by atoms with Gasteiger partial charge in [0.15, 0.2) is 0 Å². The Morgan fingerprint density at radius 3 is 2.93 bits per heavy atom. The lowest BCUT2D eigenvalue weighted by Gasteiger charge is -1.92. The van der Waals surface area contributed by atoms with Crippen molar-refractivity contribution in [1.29, 1.82) is 5.26 Å². The molecule has 0 atom stereocenters. The summed E-state index contributed by atoms with van der Waals surface area (Å²) < 4.78 is 5.37. The number of aryl methyl sites for hydroxylation is 1. The first-order valence-electron chi connectivity index (χ1n) is 4.37. The fourth-order valence-corrected chi connectivity index (χ4v) is 1.73. The Morgan fingerprint density at radius 2 is 2.29 bits per heavy atom. The average Bonchev–Trinajstić information content (AvgIpc) is 2.54. The largest absolute Gasteiger partial charge is 0.445 e. The van der Waals surface area contributed by atoms with Crippen molar-refractivity contribution in [2.45, 2.75) is 13.3 Å². The molecule has 0 aliphatic rings. The highest BCUT2D eigenvalue weighted by Crippen LogP contribution is 2.28. The normalized spacial score (nSPS) is 10.4. The fraction of sp³-hybridized carbons (Fsp3) is 0.182. The Morgan fingerprint density at radius 1 is 1.50 bits per heavy atom. The zero-order chi connectivity index (χ0) is 10.1. The van der Waals surface area contributed by atoms with E-state index in [1.165, 1.54) is 0 Å². The first kappa shape index (κ1) is 9.11. The molecule has 2 nitrogen and oxygen atoms in total. The highest BCUT2D eigenvalue weighted by molar-refractivity contribution is 6.31. The Hall–Kier alpha value is -1.46. The molecule has 70 valence electrons. The third-order valence-electron chi connectivity index (χ3n) is 2.21. The second-order valence-electron chi connectivity index (χ2n) is 3.02. The van der Waals surface area contributed by atoms with E-state index < -0.39 is 0 Å². The minimum absolute atomic E-state index is 0.393. The Bertz CT molecular complexity index is 522. The predicted molar refractivity (Wildman–Crippen MR) is 55.3 cm³/mol. The molecule has 2 aromatic rings. The van der Waals surface area contributed by atoms with Crippen LogP contribution >= 0.6 is 11.6 Å². The molecule has 0 unspecified atom stereocenters. The zero-order valence-electron chi connectivity index (χ0n) is 7.67. The van der Waals surface area contributed by atoms with Crippen molar-refractivity contribution in [3.63, 3.8) is 0 Å². The summed E-state index contributed by atoms with van der Waals surface area (Å²) in [5.41, 5.74) is 1.66. The van der Waals surface area contributed by atoms with Crippen molar-refractivity contribution in [3.8, 4) is 6.07 Å². The molecule has 0 spiro atoms. The van der Waals surface area contributed by atoms with Crippen molar-refractivity contribution in [2.24, 2.45) is 0 Å². The van der Waals surface area contributed by atoms with E-state index in [4.69, 9.17) is 21.3 Å². The van der Waals surface area contributed by atoms with Gasteiger partial charge in [0.25, 0.3) is 0 Å². The van der Waals surface area contributed by atoms with E-state index in [1.807, 2.05) is 19.1 Å². The van der Waals surface area contributed by atoms with Gasteiger partial charge in [-0.1, -0.05) is 18.5 Å². The van der Waals surface area contributed by atoms with Crippen LogP contribution in [0.25, 0.3) is 11.0 Å². The summed E-state index contributed by atoms with van der Waals surface area (Å²) in [7, 11) is 0. The quantitative estimate of drug-likeness (QED) is 0.714. The molecule has 0 bridgehead atoms.